The molecule has 198 valence electrons. The third-order valence-corrected chi connectivity index (χ3v) is 10.1. The molecule has 5 unspecified atom stereocenters. The molecule has 2 fully saturated rings. The number of quaternary nitrogens is 1. The summed E-state index contributed by atoms with van der Waals surface area (Å²) in [6.07, 6.45) is 6.19. The van der Waals surface area contributed by atoms with Crippen LogP contribution in [0.15, 0.2) is 18.9 Å². The van der Waals surface area contributed by atoms with E-state index in [0.29, 0.717) is 18.2 Å². The number of anilines is 1. The number of hydrogen-bond donors (Lipinski definition) is 3. The molecule has 0 aliphatic carbocycles. The van der Waals surface area contributed by atoms with Crippen LogP contribution in [0.25, 0.3) is 6.08 Å². The number of aromatic nitrogens is 3. The van der Waals surface area contributed by atoms with Crippen LogP contribution in [-0.4, -0.2) is 69.7 Å². The van der Waals surface area contributed by atoms with E-state index < -0.39 is 38.0 Å². The summed E-state index contributed by atoms with van der Waals surface area (Å²) in [5, 5.41) is 30.1. The minimum atomic E-state index is -1.69. The zero-order chi connectivity index (χ0) is 27.0. The summed E-state index contributed by atoms with van der Waals surface area (Å²) in [6.45, 7) is 21.6. The van der Waals surface area contributed by atoms with Gasteiger partial charge in [0, 0.05) is 5.54 Å². The Kier molecular flexibility index (Phi) is 6.67. The van der Waals surface area contributed by atoms with Gasteiger partial charge in [-0.15, -0.1) is 17.7 Å². The van der Waals surface area contributed by atoms with E-state index in [1.165, 1.54) is 6.20 Å². The lowest BCUT2D eigenvalue weighted by Crippen LogP contribution is -2.76. The average molecular weight is 508 g/mol. The minimum absolute atomic E-state index is 0.229. The molecule has 10 heteroatoms. The van der Waals surface area contributed by atoms with Crippen molar-refractivity contribution in [2.24, 2.45) is 5.73 Å². The van der Waals surface area contributed by atoms with Gasteiger partial charge < -0.3 is 25.6 Å². The van der Waals surface area contributed by atoms with Gasteiger partial charge in [-0.2, -0.15) is 9.67 Å². The predicted molar refractivity (Wildman–Crippen MR) is 145 cm³/mol. The number of hydroxylamine groups is 3. The average Bonchev–Trinajstić information content (AvgIpc) is 3.08. The highest BCUT2D eigenvalue weighted by molar-refractivity contribution is 7.82. The number of aliphatic hydroxyl groups is 1. The summed E-state index contributed by atoms with van der Waals surface area (Å²) in [7, 11) is 1.98. The van der Waals surface area contributed by atoms with E-state index in [1.807, 2.05) is 65.6 Å². The van der Waals surface area contributed by atoms with Crippen molar-refractivity contribution in [2.45, 2.75) is 115 Å². The van der Waals surface area contributed by atoms with Gasteiger partial charge >= 0.3 is 0 Å². The first kappa shape index (κ1) is 28.1. The minimum Gasteiger partial charge on any atom is -0.626 e. The molecular formula is C25H45N7O2S. The molecule has 35 heavy (non-hydrogen) atoms. The maximum atomic E-state index is 13.1. The van der Waals surface area contributed by atoms with Crippen molar-refractivity contribution >= 4 is 24.7 Å². The Morgan fingerprint density at radius 2 is 1.77 bits per heavy atom. The highest BCUT2D eigenvalue weighted by Crippen LogP contribution is 2.55. The Bertz CT molecular complexity index is 1020. The predicted octanol–water partition coefficient (Wildman–Crippen LogP) is 3.83. The first-order valence-electron chi connectivity index (χ1n) is 12.4. The summed E-state index contributed by atoms with van der Waals surface area (Å²) in [4.78, 5) is 8.20. The number of thiol groups is 1. The molecule has 0 bridgehead atoms. The van der Waals surface area contributed by atoms with Crippen LogP contribution in [0.2, 0.25) is 0 Å². The van der Waals surface area contributed by atoms with Crippen LogP contribution in [0.1, 0.15) is 87.1 Å². The van der Waals surface area contributed by atoms with Crippen molar-refractivity contribution in [3.05, 3.63) is 29.9 Å². The van der Waals surface area contributed by atoms with Gasteiger partial charge in [0.1, 0.15) is 4.87 Å². The summed E-state index contributed by atoms with van der Waals surface area (Å²) < 4.78 is 1.12. The fourth-order valence-corrected chi connectivity index (χ4v) is 6.77. The fraction of sp³-hybridized carbons (Fsp3) is 0.760. The number of hydrogen-bond acceptors (Lipinski definition) is 8. The first-order valence-corrected chi connectivity index (χ1v) is 12.9. The zero-order valence-electron chi connectivity index (χ0n) is 23.1. The fourth-order valence-electron chi connectivity index (χ4n) is 6.05. The van der Waals surface area contributed by atoms with Gasteiger partial charge in [-0.3, -0.25) is 4.90 Å². The molecular weight excluding hydrogens is 462 g/mol. The molecule has 2 saturated heterocycles. The Hall–Kier alpha value is -1.43. The van der Waals surface area contributed by atoms with Crippen LogP contribution in [-0.2, 0) is 0 Å². The van der Waals surface area contributed by atoms with Crippen LogP contribution < -0.4 is 10.6 Å². The molecule has 0 amide bonds. The van der Waals surface area contributed by atoms with E-state index >= 15 is 0 Å². The Morgan fingerprint density at radius 1 is 1.20 bits per heavy atom. The molecule has 0 aromatic carbocycles. The monoisotopic (exact) mass is 507 g/mol. The summed E-state index contributed by atoms with van der Waals surface area (Å²) in [6, 6.07) is -0.229. The smallest absolute Gasteiger partial charge is 0.247 e. The lowest BCUT2D eigenvalue weighted by molar-refractivity contribution is -0.724. The van der Waals surface area contributed by atoms with Gasteiger partial charge in [0.2, 0.25) is 12.1 Å². The SMILES string of the molecule is C=C[N+]1([O-])C(C)C1n1nc(N2C(C)(C)C(N)(O)C(C)(C)N(C)C(C)(C)C2(S)CCC)nc1/C=C\C. The molecule has 5 atom stereocenters. The largest absolute Gasteiger partial charge is 0.626 e. The van der Waals surface area contributed by atoms with Crippen molar-refractivity contribution in [1.29, 1.82) is 0 Å². The molecule has 9 nitrogen and oxygen atoms in total. The maximum Gasteiger partial charge on any atom is 0.247 e. The zero-order valence-corrected chi connectivity index (χ0v) is 24.0. The second kappa shape index (κ2) is 8.29. The first-order chi connectivity index (χ1) is 15.8. The van der Waals surface area contributed by atoms with E-state index in [0.717, 1.165) is 6.42 Å². The van der Waals surface area contributed by atoms with Gasteiger partial charge in [-0.1, -0.05) is 19.4 Å². The molecule has 0 radical (unpaired) electrons. The normalized spacial score (nSPS) is 38.5. The summed E-state index contributed by atoms with van der Waals surface area (Å²) in [5.74, 6) is 0.944. The van der Waals surface area contributed by atoms with Crippen LogP contribution in [0.4, 0.5) is 5.95 Å². The van der Waals surface area contributed by atoms with Crippen molar-refractivity contribution in [3.63, 3.8) is 0 Å². The number of likely N-dealkylation sites (N-methyl/N-ethyl adjacent to an activating group) is 1. The summed E-state index contributed by atoms with van der Waals surface area (Å²) in [5.41, 5.74) is 2.70. The molecule has 1 aromatic rings. The molecule has 0 spiro atoms. The number of allylic oxidation sites excluding steroid dienone is 1. The standard InChI is InChI=1S/C25H45N7O2S/c1-12-15-18-27-20(28-30(18)19-17(4)32(19,34)14-3)31-23(9,10)25(26,33)22(7,8)29(11)21(5,6)24(31,35)16-13-2/h12,14-15,17,19,33,35H,3,13,16,26H2,1-2,4-11H3/b15-12-. The maximum absolute atomic E-state index is 13.1. The quantitative estimate of drug-likeness (QED) is 0.177. The summed E-state index contributed by atoms with van der Waals surface area (Å²) >= 11 is 5.38. The van der Waals surface area contributed by atoms with E-state index in [-0.39, 0.29) is 6.04 Å². The highest BCUT2D eigenvalue weighted by Gasteiger charge is 2.69. The van der Waals surface area contributed by atoms with Crippen LogP contribution >= 0.6 is 12.6 Å². The molecule has 1 aromatic heterocycles. The van der Waals surface area contributed by atoms with Crippen molar-refractivity contribution in [1.82, 2.24) is 19.7 Å². The van der Waals surface area contributed by atoms with Crippen LogP contribution in [0.5, 0.6) is 0 Å². The van der Waals surface area contributed by atoms with Gasteiger partial charge in [0.25, 0.3) is 0 Å². The Morgan fingerprint density at radius 3 is 2.23 bits per heavy atom. The second-order valence-corrected chi connectivity index (χ2v) is 12.5. The van der Waals surface area contributed by atoms with E-state index in [1.54, 1.807) is 4.68 Å². The number of nitrogens with two attached hydrogens (primary N) is 1. The van der Waals surface area contributed by atoms with Gasteiger partial charge in [0.05, 0.1) is 17.3 Å². The van der Waals surface area contributed by atoms with Crippen LogP contribution in [0.3, 0.4) is 0 Å². The van der Waals surface area contributed by atoms with E-state index in [9.17, 15) is 10.3 Å². The molecule has 3 heterocycles. The van der Waals surface area contributed by atoms with Crippen LogP contribution in [0, 0.1) is 5.21 Å². The van der Waals surface area contributed by atoms with Gasteiger partial charge in [0.15, 0.2) is 17.6 Å². The molecule has 2 aliphatic rings. The molecule has 0 saturated carbocycles. The second-order valence-electron chi connectivity index (χ2n) is 11.7. The molecule has 3 rings (SSSR count). The van der Waals surface area contributed by atoms with Gasteiger partial charge in [-0.05, 0) is 81.5 Å². The lowest BCUT2D eigenvalue weighted by atomic mass is 9.76. The van der Waals surface area contributed by atoms with Crippen molar-refractivity contribution in [3.8, 4) is 0 Å². The Balaban J connectivity index is 2.36. The number of nitrogens with zero attached hydrogens (tertiary/aromatic N) is 6. The molecule has 3 N–H and O–H groups in total. The van der Waals surface area contributed by atoms with E-state index in [4.69, 9.17) is 28.4 Å². The van der Waals surface area contributed by atoms with Gasteiger partial charge in [-0.25, -0.2) is 0 Å². The van der Waals surface area contributed by atoms with E-state index in [2.05, 4.69) is 32.3 Å². The highest BCUT2D eigenvalue weighted by atomic mass is 32.1. The lowest BCUT2D eigenvalue weighted by Gasteiger charge is -2.56. The third kappa shape index (κ3) is 3.48. The molecule has 2 aliphatic heterocycles. The number of rotatable bonds is 6. The van der Waals surface area contributed by atoms with Crippen molar-refractivity contribution in [2.75, 3.05) is 11.9 Å². The Labute approximate surface area is 216 Å². The topological polar surface area (TPSA) is 106 Å². The van der Waals surface area contributed by atoms with Crippen molar-refractivity contribution < 1.29 is 9.75 Å². The third-order valence-electron chi connectivity index (χ3n) is 9.14.